The number of benzene rings is 1. The van der Waals surface area contributed by atoms with E-state index >= 15 is 0 Å². The highest BCUT2D eigenvalue weighted by Crippen LogP contribution is 2.24. The molecule has 0 amide bonds. The van der Waals surface area contributed by atoms with Gasteiger partial charge >= 0.3 is 0 Å². The first kappa shape index (κ1) is 21.0. The third kappa shape index (κ3) is 5.87. The summed E-state index contributed by atoms with van der Waals surface area (Å²) in [5.74, 6) is 0.902. The van der Waals surface area contributed by atoms with Gasteiger partial charge in [0.2, 0.25) is 0 Å². The maximum absolute atomic E-state index is 9.72. The van der Waals surface area contributed by atoms with Gasteiger partial charge in [0.05, 0.1) is 18.9 Å². The van der Waals surface area contributed by atoms with Crippen molar-refractivity contribution in [1.82, 2.24) is 4.90 Å². The van der Waals surface area contributed by atoms with Crippen LogP contribution in [0.15, 0.2) is 29.4 Å². The topological polar surface area (TPSA) is 48.3 Å². The molecule has 1 aromatic carbocycles. The largest absolute Gasteiger partial charge is 0.497 e. The van der Waals surface area contributed by atoms with Crippen molar-refractivity contribution in [2.24, 2.45) is 5.16 Å². The number of nitrogens with zero attached hydrogens (tertiary/aromatic N) is 3. The van der Waals surface area contributed by atoms with Gasteiger partial charge in [0, 0.05) is 31.9 Å². The van der Waals surface area contributed by atoms with Crippen LogP contribution in [0.1, 0.15) is 64.2 Å². The Kier molecular flexibility index (Phi) is 8.46. The van der Waals surface area contributed by atoms with Crippen LogP contribution in [-0.4, -0.2) is 55.1 Å². The molecule has 1 N–H and O–H groups in total. The lowest BCUT2D eigenvalue weighted by molar-refractivity contribution is 0.208. The molecular weight excluding hydrogens is 350 g/mol. The fourth-order valence-electron chi connectivity index (χ4n) is 4.63. The van der Waals surface area contributed by atoms with E-state index in [1.165, 1.54) is 50.6 Å². The predicted molar refractivity (Wildman–Crippen MR) is 116 cm³/mol. The number of methoxy groups -OCH3 is 1. The Morgan fingerprint density at radius 1 is 0.857 bits per heavy atom. The molecule has 1 aliphatic carbocycles. The highest BCUT2D eigenvalue weighted by atomic mass is 16.5. The molecule has 2 fully saturated rings. The van der Waals surface area contributed by atoms with Crippen LogP contribution >= 0.6 is 0 Å². The molecule has 28 heavy (non-hydrogen) atoms. The second-order valence-corrected chi connectivity index (χ2v) is 8.20. The summed E-state index contributed by atoms with van der Waals surface area (Å²) in [7, 11) is 1.71. The molecule has 1 aromatic rings. The summed E-state index contributed by atoms with van der Waals surface area (Å²) in [6.45, 7) is 4.08. The number of anilines is 1. The molecule has 2 aliphatic rings. The number of oxime groups is 1. The standard InChI is InChI=1S/C23H37N3O2/c1-28-21-14-12-20(13-15-21)25-16-18-26(19-17-25)23-11-9-7-5-3-2-4-6-8-10-22(23)24-27/h12-15,23,27H,2-11,16-19H2,1H3/b24-22-. The smallest absolute Gasteiger partial charge is 0.119 e. The summed E-state index contributed by atoms with van der Waals surface area (Å²) >= 11 is 0. The van der Waals surface area contributed by atoms with Crippen molar-refractivity contribution in [2.45, 2.75) is 70.3 Å². The van der Waals surface area contributed by atoms with Crippen LogP contribution in [0.5, 0.6) is 5.75 Å². The molecule has 1 unspecified atom stereocenters. The zero-order valence-corrected chi connectivity index (χ0v) is 17.5. The van der Waals surface area contributed by atoms with Gasteiger partial charge in [-0.2, -0.15) is 0 Å². The zero-order chi connectivity index (χ0) is 19.6. The first-order chi connectivity index (χ1) is 13.8. The molecule has 0 bridgehead atoms. The highest BCUT2D eigenvalue weighted by Gasteiger charge is 2.27. The Hall–Kier alpha value is -1.75. The van der Waals surface area contributed by atoms with Crippen LogP contribution in [0.2, 0.25) is 0 Å². The van der Waals surface area contributed by atoms with E-state index < -0.39 is 0 Å². The van der Waals surface area contributed by atoms with E-state index in [0.29, 0.717) is 6.04 Å². The molecule has 0 aromatic heterocycles. The molecule has 3 rings (SSSR count). The summed E-state index contributed by atoms with van der Waals surface area (Å²) in [5, 5.41) is 13.5. The molecule has 1 heterocycles. The van der Waals surface area contributed by atoms with Gasteiger partial charge in [-0.25, -0.2) is 0 Å². The number of hydrogen-bond acceptors (Lipinski definition) is 5. The maximum atomic E-state index is 9.72. The molecule has 1 atom stereocenters. The first-order valence-corrected chi connectivity index (χ1v) is 11.2. The molecule has 5 heteroatoms. The SMILES string of the molecule is COc1ccc(N2CCN(C3CCCCCCCCCC/C3=N/O)CC2)cc1. The van der Waals surface area contributed by atoms with Crippen LogP contribution in [0.25, 0.3) is 0 Å². The van der Waals surface area contributed by atoms with Crippen molar-refractivity contribution in [2.75, 3.05) is 38.2 Å². The molecule has 1 saturated heterocycles. The number of hydrogen-bond donors (Lipinski definition) is 1. The van der Waals surface area contributed by atoms with Crippen LogP contribution in [-0.2, 0) is 0 Å². The third-order valence-electron chi connectivity index (χ3n) is 6.37. The van der Waals surface area contributed by atoms with Gasteiger partial charge in [0.15, 0.2) is 0 Å². The Morgan fingerprint density at radius 2 is 1.46 bits per heavy atom. The number of piperazine rings is 1. The number of ether oxygens (including phenoxy) is 1. The second-order valence-electron chi connectivity index (χ2n) is 8.20. The van der Waals surface area contributed by atoms with E-state index in [4.69, 9.17) is 4.74 Å². The normalized spacial score (nSPS) is 25.1. The lowest BCUT2D eigenvalue weighted by atomic mass is 9.95. The van der Waals surface area contributed by atoms with Crippen molar-refractivity contribution in [3.05, 3.63) is 24.3 Å². The minimum absolute atomic E-state index is 0.308. The summed E-state index contributed by atoms with van der Waals surface area (Å²) in [5.41, 5.74) is 2.27. The van der Waals surface area contributed by atoms with Crippen LogP contribution in [0, 0.1) is 0 Å². The minimum atomic E-state index is 0.308. The van der Waals surface area contributed by atoms with Gasteiger partial charge in [-0.3, -0.25) is 4.90 Å². The molecule has 1 saturated carbocycles. The van der Waals surface area contributed by atoms with Gasteiger partial charge in [0.1, 0.15) is 5.75 Å². The van der Waals surface area contributed by atoms with E-state index in [1.807, 2.05) is 12.1 Å². The van der Waals surface area contributed by atoms with Gasteiger partial charge in [-0.05, 0) is 43.5 Å². The molecule has 156 valence electrons. The Balaban J connectivity index is 1.59. The predicted octanol–water partition coefficient (Wildman–Crippen LogP) is 4.93. The molecule has 1 aliphatic heterocycles. The van der Waals surface area contributed by atoms with E-state index in [1.54, 1.807) is 7.11 Å². The van der Waals surface area contributed by atoms with Gasteiger partial charge in [-0.15, -0.1) is 0 Å². The molecular formula is C23H37N3O2. The lowest BCUT2D eigenvalue weighted by Gasteiger charge is -2.40. The van der Waals surface area contributed by atoms with Crippen molar-refractivity contribution < 1.29 is 9.94 Å². The summed E-state index contributed by atoms with van der Waals surface area (Å²) < 4.78 is 5.27. The number of rotatable bonds is 3. The van der Waals surface area contributed by atoms with Crippen molar-refractivity contribution >= 4 is 11.4 Å². The van der Waals surface area contributed by atoms with Crippen molar-refractivity contribution in [1.29, 1.82) is 0 Å². The average Bonchev–Trinajstić information content (AvgIpc) is 2.74. The molecule has 0 spiro atoms. The van der Waals surface area contributed by atoms with E-state index in [-0.39, 0.29) is 0 Å². The van der Waals surface area contributed by atoms with E-state index in [9.17, 15) is 5.21 Å². The monoisotopic (exact) mass is 387 g/mol. The van der Waals surface area contributed by atoms with Crippen molar-refractivity contribution in [3.8, 4) is 5.75 Å². The summed E-state index contributed by atoms with van der Waals surface area (Å²) in [4.78, 5) is 5.00. The molecule has 0 radical (unpaired) electrons. The fourth-order valence-corrected chi connectivity index (χ4v) is 4.63. The lowest BCUT2D eigenvalue weighted by Crippen LogP contribution is -2.52. The Morgan fingerprint density at radius 3 is 2.07 bits per heavy atom. The molecule has 5 nitrogen and oxygen atoms in total. The van der Waals surface area contributed by atoms with Crippen molar-refractivity contribution in [3.63, 3.8) is 0 Å². The van der Waals surface area contributed by atoms with Crippen LogP contribution in [0.4, 0.5) is 5.69 Å². The maximum Gasteiger partial charge on any atom is 0.119 e. The summed E-state index contributed by atoms with van der Waals surface area (Å²) in [6, 6.07) is 8.66. The average molecular weight is 388 g/mol. The van der Waals surface area contributed by atoms with Gasteiger partial charge < -0.3 is 14.8 Å². The second kappa shape index (κ2) is 11.3. The fraction of sp³-hybridized carbons (Fsp3) is 0.696. The zero-order valence-electron chi connectivity index (χ0n) is 17.5. The minimum Gasteiger partial charge on any atom is -0.497 e. The quantitative estimate of drug-likeness (QED) is 0.590. The Bertz CT molecular complexity index is 594. The van der Waals surface area contributed by atoms with Crippen LogP contribution in [0.3, 0.4) is 0 Å². The third-order valence-corrected chi connectivity index (χ3v) is 6.37. The summed E-state index contributed by atoms with van der Waals surface area (Å²) in [6.07, 6.45) is 12.5. The van der Waals surface area contributed by atoms with Crippen LogP contribution < -0.4 is 9.64 Å². The van der Waals surface area contributed by atoms with E-state index in [2.05, 4.69) is 27.1 Å². The highest BCUT2D eigenvalue weighted by molar-refractivity contribution is 5.89. The van der Waals surface area contributed by atoms with E-state index in [0.717, 1.165) is 56.9 Å². The van der Waals surface area contributed by atoms with Gasteiger partial charge in [0.25, 0.3) is 0 Å². The van der Waals surface area contributed by atoms with Gasteiger partial charge in [-0.1, -0.05) is 50.1 Å². The Labute approximate surface area is 170 Å². The first-order valence-electron chi connectivity index (χ1n) is 11.2.